The van der Waals surface area contributed by atoms with E-state index in [9.17, 15) is 22.8 Å². The van der Waals surface area contributed by atoms with Crippen LogP contribution in [0, 0.1) is 0 Å². The summed E-state index contributed by atoms with van der Waals surface area (Å²) in [6, 6.07) is 9.39. The number of benzene rings is 2. The van der Waals surface area contributed by atoms with Gasteiger partial charge in [-0.2, -0.15) is 13.2 Å². The maximum absolute atomic E-state index is 12.5. The minimum Gasteiger partial charge on any atom is -0.372 e. The Hall–Kier alpha value is -3.07. The van der Waals surface area contributed by atoms with Gasteiger partial charge in [-0.05, 0) is 35.9 Å². The lowest BCUT2D eigenvalue weighted by molar-refractivity contribution is -0.0885. The number of rotatable bonds is 3. The molecule has 0 aliphatic carbocycles. The van der Waals surface area contributed by atoms with E-state index in [0.717, 1.165) is 23.4 Å². The van der Waals surface area contributed by atoms with Crippen LogP contribution in [0.25, 0.3) is 0 Å². The number of amides is 2. The van der Waals surface area contributed by atoms with Gasteiger partial charge in [-0.15, -0.1) is 0 Å². The predicted octanol–water partition coefficient (Wildman–Crippen LogP) is 3.55. The fourth-order valence-electron chi connectivity index (χ4n) is 2.54. The summed E-state index contributed by atoms with van der Waals surface area (Å²) in [7, 11) is 0. The number of hydrogen-bond acceptors (Lipinski definition) is 4. The molecule has 9 heteroatoms. The highest BCUT2D eigenvalue weighted by Gasteiger charge is 2.39. The van der Waals surface area contributed by atoms with E-state index in [1.165, 1.54) is 12.1 Å². The molecule has 0 fully saturated rings. The third-order valence-electron chi connectivity index (χ3n) is 3.72. The molecule has 0 saturated carbocycles. The van der Waals surface area contributed by atoms with E-state index in [1.807, 2.05) is 6.07 Å². The minimum atomic E-state index is -4.97. The van der Waals surface area contributed by atoms with Gasteiger partial charge < -0.3 is 16.0 Å². The van der Waals surface area contributed by atoms with Gasteiger partial charge in [-0.3, -0.25) is 10.1 Å². The van der Waals surface area contributed by atoms with Crippen LogP contribution in [0.2, 0.25) is 0 Å². The third-order valence-corrected chi connectivity index (χ3v) is 3.72. The zero-order chi connectivity index (χ0) is 18.7. The molecule has 2 aromatic carbocycles. The molecular formula is C17H15F3N4O2. The van der Waals surface area contributed by atoms with Gasteiger partial charge >= 0.3 is 12.2 Å². The van der Waals surface area contributed by atoms with Gasteiger partial charge in [0.15, 0.2) is 0 Å². The van der Waals surface area contributed by atoms with Gasteiger partial charge in [0.1, 0.15) is 0 Å². The first-order chi connectivity index (χ1) is 12.3. The number of urea groups is 1. The molecule has 1 aliphatic rings. The van der Waals surface area contributed by atoms with E-state index >= 15 is 0 Å². The maximum Gasteiger partial charge on any atom is 0.454 e. The molecular weight excluding hydrogens is 349 g/mol. The molecule has 26 heavy (non-hydrogen) atoms. The van der Waals surface area contributed by atoms with Gasteiger partial charge in [-0.1, -0.05) is 12.1 Å². The van der Waals surface area contributed by atoms with Crippen molar-refractivity contribution in [2.75, 3.05) is 22.6 Å². The summed E-state index contributed by atoms with van der Waals surface area (Å²) < 4.78 is 37.5. The van der Waals surface area contributed by atoms with Crippen molar-refractivity contribution in [3.05, 3.63) is 53.6 Å². The fourth-order valence-corrected chi connectivity index (χ4v) is 2.54. The van der Waals surface area contributed by atoms with E-state index in [4.69, 9.17) is 0 Å². The van der Waals surface area contributed by atoms with Crippen molar-refractivity contribution in [3.8, 4) is 0 Å². The number of halogens is 3. The Bertz CT molecular complexity index is 852. The summed E-state index contributed by atoms with van der Waals surface area (Å²) in [5.74, 6) is -1.96. The van der Waals surface area contributed by atoms with Crippen LogP contribution in [0.5, 0.6) is 0 Å². The Morgan fingerprint density at radius 3 is 2.46 bits per heavy atom. The monoisotopic (exact) mass is 364 g/mol. The van der Waals surface area contributed by atoms with Crippen molar-refractivity contribution in [2.45, 2.75) is 12.7 Å². The van der Waals surface area contributed by atoms with Crippen LogP contribution in [0.4, 0.5) is 35.0 Å². The zero-order valence-electron chi connectivity index (χ0n) is 13.4. The first-order valence-corrected chi connectivity index (χ1v) is 7.70. The summed E-state index contributed by atoms with van der Waals surface area (Å²) >= 11 is 0. The minimum absolute atomic E-state index is 0.0823. The highest BCUT2D eigenvalue weighted by Crippen LogP contribution is 2.24. The smallest absolute Gasteiger partial charge is 0.372 e. The van der Waals surface area contributed by atoms with E-state index in [2.05, 4.69) is 21.3 Å². The summed E-state index contributed by atoms with van der Waals surface area (Å²) in [6.45, 7) is 1.31. The molecule has 0 atom stereocenters. The Kier molecular flexibility index (Phi) is 4.81. The molecule has 2 amide bonds. The number of anilines is 3. The van der Waals surface area contributed by atoms with Crippen LogP contribution in [-0.4, -0.2) is 24.7 Å². The highest BCUT2D eigenvalue weighted by molar-refractivity contribution is 6.03. The Morgan fingerprint density at radius 2 is 1.73 bits per heavy atom. The van der Waals surface area contributed by atoms with Crippen molar-refractivity contribution in [1.29, 1.82) is 0 Å². The molecule has 0 saturated heterocycles. The predicted molar refractivity (Wildman–Crippen MR) is 91.2 cm³/mol. The molecule has 0 bridgehead atoms. The second kappa shape index (κ2) is 7.04. The van der Waals surface area contributed by atoms with Crippen molar-refractivity contribution in [3.63, 3.8) is 0 Å². The normalized spacial score (nSPS) is 13.3. The van der Waals surface area contributed by atoms with E-state index in [1.54, 1.807) is 12.1 Å². The summed E-state index contributed by atoms with van der Waals surface area (Å²) in [5, 5.41) is 11.3. The molecule has 0 aromatic heterocycles. The molecule has 3 rings (SSSR count). The standard InChI is InChI=1S/C17H15F3N4O2/c18-17(19,20)15(25)10-2-1-3-12(6-10)23-16(26)24-13-4-5-14-11(7-13)8-21-9-22-14/h1-7,21-22H,8-9H2,(H2,23,24,26). The van der Waals surface area contributed by atoms with Gasteiger partial charge in [-0.25, -0.2) is 4.79 Å². The Balaban J connectivity index is 1.68. The molecule has 2 aromatic rings. The fraction of sp³-hybridized carbons (Fsp3) is 0.176. The van der Waals surface area contributed by atoms with E-state index < -0.39 is 23.6 Å². The number of Topliss-reactive ketones (excluding diaryl/α,β-unsaturated/α-hetero) is 1. The number of fused-ring (bicyclic) bond motifs is 1. The molecule has 1 heterocycles. The largest absolute Gasteiger partial charge is 0.454 e. The first kappa shape index (κ1) is 17.7. The zero-order valence-corrected chi connectivity index (χ0v) is 13.4. The first-order valence-electron chi connectivity index (χ1n) is 7.70. The van der Waals surface area contributed by atoms with Crippen LogP contribution in [0.15, 0.2) is 42.5 Å². The van der Waals surface area contributed by atoms with Gasteiger partial charge in [0.2, 0.25) is 0 Å². The number of hydrogen-bond donors (Lipinski definition) is 4. The second-order valence-corrected chi connectivity index (χ2v) is 5.64. The number of nitrogens with one attached hydrogen (secondary N) is 4. The number of ketones is 1. The van der Waals surface area contributed by atoms with Crippen LogP contribution < -0.4 is 21.3 Å². The highest BCUT2D eigenvalue weighted by atomic mass is 19.4. The summed E-state index contributed by atoms with van der Waals surface area (Å²) in [5.41, 5.74) is 2.02. The van der Waals surface area contributed by atoms with Gasteiger partial charge in [0.05, 0.1) is 6.67 Å². The lowest BCUT2D eigenvalue weighted by atomic mass is 10.1. The maximum atomic E-state index is 12.5. The SMILES string of the molecule is O=C(Nc1cccc(C(=O)C(F)(F)F)c1)Nc1ccc2c(c1)CNCN2. The Labute approximate surface area is 146 Å². The molecule has 0 spiro atoms. The Morgan fingerprint density at radius 1 is 1.00 bits per heavy atom. The summed E-state index contributed by atoms with van der Waals surface area (Å²) in [4.78, 5) is 23.3. The van der Waals surface area contributed by atoms with Crippen LogP contribution >= 0.6 is 0 Å². The van der Waals surface area contributed by atoms with Crippen molar-refractivity contribution in [2.24, 2.45) is 0 Å². The molecule has 136 valence electrons. The van der Waals surface area contributed by atoms with Crippen molar-refractivity contribution in [1.82, 2.24) is 5.32 Å². The molecule has 1 aliphatic heterocycles. The lowest BCUT2D eigenvalue weighted by Gasteiger charge is -2.20. The second-order valence-electron chi connectivity index (χ2n) is 5.64. The topological polar surface area (TPSA) is 82.3 Å². The van der Waals surface area contributed by atoms with Crippen LogP contribution in [0.1, 0.15) is 15.9 Å². The van der Waals surface area contributed by atoms with Crippen molar-refractivity contribution >= 4 is 28.9 Å². The average Bonchev–Trinajstić information content (AvgIpc) is 2.60. The number of carbonyl (C=O) groups excluding carboxylic acids is 2. The van der Waals surface area contributed by atoms with E-state index in [-0.39, 0.29) is 5.69 Å². The molecule has 0 unspecified atom stereocenters. The quantitative estimate of drug-likeness (QED) is 0.628. The van der Waals surface area contributed by atoms with Crippen LogP contribution in [-0.2, 0) is 6.54 Å². The number of alkyl halides is 3. The van der Waals surface area contributed by atoms with E-state index in [0.29, 0.717) is 18.9 Å². The van der Waals surface area contributed by atoms with Gasteiger partial charge in [0, 0.05) is 29.2 Å². The van der Waals surface area contributed by atoms with Crippen molar-refractivity contribution < 1.29 is 22.8 Å². The molecule has 6 nitrogen and oxygen atoms in total. The number of carbonyl (C=O) groups is 2. The lowest BCUT2D eigenvalue weighted by Crippen LogP contribution is -2.27. The molecule has 4 N–H and O–H groups in total. The molecule has 0 radical (unpaired) electrons. The summed E-state index contributed by atoms with van der Waals surface area (Å²) in [6.07, 6.45) is -4.97. The van der Waals surface area contributed by atoms with Gasteiger partial charge in [0.25, 0.3) is 5.78 Å². The van der Waals surface area contributed by atoms with Crippen LogP contribution in [0.3, 0.4) is 0 Å². The average molecular weight is 364 g/mol. The third kappa shape index (κ3) is 4.12.